The molecule has 0 aromatic heterocycles. The first-order valence-corrected chi connectivity index (χ1v) is 5.84. The van der Waals surface area contributed by atoms with E-state index >= 15 is 0 Å². The van der Waals surface area contributed by atoms with E-state index in [0.717, 1.165) is 18.7 Å². The fraction of sp³-hybridized carbons (Fsp3) is 0.600. The van der Waals surface area contributed by atoms with Crippen molar-refractivity contribution in [1.82, 2.24) is 4.90 Å². The van der Waals surface area contributed by atoms with E-state index in [1.165, 1.54) is 5.57 Å². The fourth-order valence-corrected chi connectivity index (χ4v) is 1.48. The zero-order valence-corrected chi connectivity index (χ0v) is 11.4. The van der Waals surface area contributed by atoms with Gasteiger partial charge in [-0.1, -0.05) is 38.5 Å². The molecule has 0 radical (unpaired) electrons. The van der Waals surface area contributed by atoms with Gasteiger partial charge in [-0.05, 0) is 26.2 Å². The highest BCUT2D eigenvalue weighted by Crippen LogP contribution is 2.19. The van der Waals surface area contributed by atoms with Crippen molar-refractivity contribution in [1.29, 1.82) is 0 Å². The molecule has 0 aromatic rings. The van der Waals surface area contributed by atoms with Crippen LogP contribution in [0.3, 0.4) is 0 Å². The minimum atomic E-state index is 0.427. The molecule has 0 N–H and O–H groups in total. The van der Waals surface area contributed by atoms with Crippen LogP contribution in [0.5, 0.6) is 0 Å². The Labute approximate surface area is 101 Å². The third kappa shape index (κ3) is 5.66. The van der Waals surface area contributed by atoms with E-state index in [1.807, 2.05) is 20.9 Å². The van der Waals surface area contributed by atoms with Crippen molar-refractivity contribution in [2.75, 3.05) is 13.6 Å². The first kappa shape index (κ1) is 14.8. The molecule has 1 nitrogen and oxygen atoms in total. The monoisotopic (exact) mass is 219 g/mol. The summed E-state index contributed by atoms with van der Waals surface area (Å²) in [7, 11) is 2.05. The molecule has 90 valence electrons. The van der Waals surface area contributed by atoms with Crippen LogP contribution in [0.25, 0.3) is 0 Å². The van der Waals surface area contributed by atoms with Crippen molar-refractivity contribution in [3.63, 3.8) is 0 Å². The predicted molar refractivity (Wildman–Crippen MR) is 73.0 cm³/mol. The van der Waals surface area contributed by atoms with Crippen LogP contribution < -0.4 is 0 Å². The lowest BCUT2D eigenvalue weighted by Gasteiger charge is -2.22. The maximum absolute atomic E-state index is 4.13. The van der Waals surface area contributed by atoms with Gasteiger partial charge in [-0.15, -0.1) is 5.92 Å². The molecule has 1 unspecified atom stereocenters. The molecule has 0 spiro atoms. The van der Waals surface area contributed by atoms with Gasteiger partial charge in [0.15, 0.2) is 0 Å². The zero-order chi connectivity index (χ0) is 12.7. The fourth-order valence-electron chi connectivity index (χ4n) is 1.48. The second-order valence-electron chi connectivity index (χ2n) is 4.79. The van der Waals surface area contributed by atoms with Gasteiger partial charge in [-0.2, -0.15) is 0 Å². The molecule has 0 aliphatic carbocycles. The summed E-state index contributed by atoms with van der Waals surface area (Å²) in [5, 5.41) is 0. The normalized spacial score (nSPS) is 11.6. The van der Waals surface area contributed by atoms with E-state index in [9.17, 15) is 0 Å². The number of nitrogens with zero attached hydrogens (tertiary/aromatic N) is 1. The SMILES string of the molecule is C=C(CC(C#CC)C(C)C)CN(C)C(=C)C. The molecule has 0 saturated carbocycles. The molecule has 1 atom stereocenters. The summed E-state index contributed by atoms with van der Waals surface area (Å²) in [4.78, 5) is 2.12. The Bertz CT molecular complexity index is 301. The summed E-state index contributed by atoms with van der Waals surface area (Å²) in [5.41, 5.74) is 2.30. The summed E-state index contributed by atoms with van der Waals surface area (Å²) in [6.07, 6.45) is 0.982. The van der Waals surface area contributed by atoms with Crippen molar-refractivity contribution in [2.45, 2.75) is 34.1 Å². The number of hydrogen-bond acceptors (Lipinski definition) is 1. The minimum Gasteiger partial charge on any atom is -0.375 e. The Balaban J connectivity index is 4.29. The lowest BCUT2D eigenvalue weighted by molar-refractivity contribution is 0.422. The van der Waals surface area contributed by atoms with Crippen LogP contribution in [-0.2, 0) is 0 Å². The molecule has 0 bridgehead atoms. The summed E-state index contributed by atoms with van der Waals surface area (Å²) in [6, 6.07) is 0. The van der Waals surface area contributed by atoms with Crippen LogP contribution >= 0.6 is 0 Å². The second-order valence-corrected chi connectivity index (χ2v) is 4.79. The van der Waals surface area contributed by atoms with Crippen molar-refractivity contribution < 1.29 is 0 Å². The minimum absolute atomic E-state index is 0.427. The molecule has 0 fully saturated rings. The molecule has 0 aliphatic rings. The van der Waals surface area contributed by atoms with Crippen molar-refractivity contribution in [3.05, 3.63) is 24.4 Å². The average Bonchev–Trinajstić information content (AvgIpc) is 2.16. The quantitative estimate of drug-likeness (QED) is 0.486. The van der Waals surface area contributed by atoms with Gasteiger partial charge in [-0.3, -0.25) is 0 Å². The van der Waals surface area contributed by atoms with Gasteiger partial charge in [0.1, 0.15) is 0 Å². The lowest BCUT2D eigenvalue weighted by atomic mass is 9.90. The van der Waals surface area contributed by atoms with Crippen LogP contribution in [0.1, 0.15) is 34.1 Å². The highest BCUT2D eigenvalue weighted by molar-refractivity contribution is 5.10. The van der Waals surface area contributed by atoms with E-state index in [1.54, 1.807) is 0 Å². The van der Waals surface area contributed by atoms with Gasteiger partial charge >= 0.3 is 0 Å². The van der Waals surface area contributed by atoms with Gasteiger partial charge in [0.2, 0.25) is 0 Å². The van der Waals surface area contributed by atoms with Gasteiger partial charge < -0.3 is 4.90 Å². The van der Waals surface area contributed by atoms with Crippen molar-refractivity contribution in [3.8, 4) is 11.8 Å². The van der Waals surface area contributed by atoms with Gasteiger partial charge in [0, 0.05) is 25.2 Å². The maximum Gasteiger partial charge on any atom is 0.0380 e. The van der Waals surface area contributed by atoms with Crippen LogP contribution in [0, 0.1) is 23.7 Å². The number of likely N-dealkylation sites (N-methyl/N-ethyl adjacent to an activating group) is 1. The lowest BCUT2D eigenvalue weighted by Crippen LogP contribution is -2.20. The Morgan fingerprint density at radius 2 is 1.88 bits per heavy atom. The van der Waals surface area contributed by atoms with E-state index in [4.69, 9.17) is 0 Å². The average molecular weight is 219 g/mol. The summed E-state index contributed by atoms with van der Waals surface area (Å²) in [5.74, 6) is 7.28. The summed E-state index contributed by atoms with van der Waals surface area (Å²) >= 11 is 0. The summed E-state index contributed by atoms with van der Waals surface area (Å²) in [6.45, 7) is 17.3. The van der Waals surface area contributed by atoms with E-state index in [2.05, 4.69) is 43.7 Å². The summed E-state index contributed by atoms with van der Waals surface area (Å²) < 4.78 is 0. The molecule has 0 aromatic carbocycles. The molecule has 0 rings (SSSR count). The molecule has 0 aliphatic heterocycles. The Morgan fingerprint density at radius 1 is 1.31 bits per heavy atom. The third-order valence-electron chi connectivity index (χ3n) is 2.76. The van der Waals surface area contributed by atoms with Crippen molar-refractivity contribution in [2.24, 2.45) is 11.8 Å². The molecular weight excluding hydrogens is 194 g/mol. The second kappa shape index (κ2) is 7.17. The van der Waals surface area contributed by atoms with Gasteiger partial charge in [-0.25, -0.2) is 0 Å². The van der Waals surface area contributed by atoms with E-state index in [-0.39, 0.29) is 0 Å². The Morgan fingerprint density at radius 3 is 2.25 bits per heavy atom. The molecule has 1 heteroatoms. The smallest absolute Gasteiger partial charge is 0.0380 e. The Hall–Kier alpha value is -1.16. The van der Waals surface area contributed by atoms with Crippen LogP contribution in [0.2, 0.25) is 0 Å². The van der Waals surface area contributed by atoms with Crippen LogP contribution in [0.15, 0.2) is 24.4 Å². The van der Waals surface area contributed by atoms with Gasteiger partial charge in [0.25, 0.3) is 0 Å². The standard InChI is InChI=1S/C15H25N/c1-8-9-15(12(2)3)10-14(6)11-16(7)13(4)5/h12,15H,4,6,10-11H2,1-3,5,7H3. The van der Waals surface area contributed by atoms with Crippen LogP contribution in [-0.4, -0.2) is 18.5 Å². The number of allylic oxidation sites excluding steroid dienone is 1. The topological polar surface area (TPSA) is 3.24 Å². The molecular formula is C15H25N. The highest BCUT2D eigenvalue weighted by Gasteiger charge is 2.12. The highest BCUT2D eigenvalue weighted by atomic mass is 15.1. The Kier molecular flexibility index (Phi) is 6.65. The molecule has 0 amide bonds. The number of hydrogen-bond donors (Lipinski definition) is 0. The third-order valence-corrected chi connectivity index (χ3v) is 2.76. The van der Waals surface area contributed by atoms with E-state index < -0.39 is 0 Å². The van der Waals surface area contributed by atoms with E-state index in [0.29, 0.717) is 11.8 Å². The molecule has 0 saturated heterocycles. The first-order valence-electron chi connectivity index (χ1n) is 5.84. The maximum atomic E-state index is 4.13. The zero-order valence-electron chi connectivity index (χ0n) is 11.4. The molecule has 16 heavy (non-hydrogen) atoms. The number of rotatable bonds is 6. The molecule has 0 heterocycles. The predicted octanol–water partition coefficient (Wildman–Crippen LogP) is 3.69. The largest absolute Gasteiger partial charge is 0.375 e. The van der Waals surface area contributed by atoms with Crippen molar-refractivity contribution >= 4 is 0 Å². The van der Waals surface area contributed by atoms with Gasteiger partial charge in [0.05, 0.1) is 0 Å². The first-order chi connectivity index (χ1) is 7.38. The van der Waals surface area contributed by atoms with Crippen LogP contribution in [0.4, 0.5) is 0 Å².